The lowest BCUT2D eigenvalue weighted by atomic mass is 10.2. The molecule has 0 heterocycles. The Kier molecular flexibility index (Phi) is 3.93. The minimum absolute atomic E-state index is 0.0600. The highest BCUT2D eigenvalue weighted by Gasteiger charge is 2.01. The fourth-order valence-corrected chi connectivity index (χ4v) is 1.12. The minimum atomic E-state index is -0.159. The molecule has 1 amide bonds. The largest absolute Gasteiger partial charge is 0.397 e. The molecule has 0 spiro atoms. The fraction of sp³-hybridized carbons (Fsp3) is 0.300. The summed E-state index contributed by atoms with van der Waals surface area (Å²) >= 11 is 0. The summed E-state index contributed by atoms with van der Waals surface area (Å²) in [6.07, 6.45) is 0. The van der Waals surface area contributed by atoms with Gasteiger partial charge in [-0.3, -0.25) is 4.79 Å². The molecule has 0 aromatic heterocycles. The molecule has 0 aliphatic heterocycles. The first-order chi connectivity index (χ1) is 7.13. The number of nitrogen functional groups attached to an aromatic ring is 2. The van der Waals surface area contributed by atoms with E-state index in [0.29, 0.717) is 17.9 Å². The van der Waals surface area contributed by atoms with Crippen LogP contribution in [-0.2, 0) is 16.1 Å². The third-order valence-electron chi connectivity index (χ3n) is 1.92. The van der Waals surface area contributed by atoms with Gasteiger partial charge in [0.15, 0.2) is 0 Å². The zero-order chi connectivity index (χ0) is 11.3. The second kappa shape index (κ2) is 5.21. The summed E-state index contributed by atoms with van der Waals surface area (Å²) in [6, 6.07) is 5.27. The van der Waals surface area contributed by atoms with Crippen LogP contribution in [0.4, 0.5) is 11.4 Å². The Morgan fingerprint density at radius 1 is 1.40 bits per heavy atom. The highest BCUT2D eigenvalue weighted by atomic mass is 16.5. The zero-order valence-corrected chi connectivity index (χ0v) is 8.62. The van der Waals surface area contributed by atoms with Crippen LogP contribution in [0.3, 0.4) is 0 Å². The van der Waals surface area contributed by atoms with Gasteiger partial charge in [0.2, 0.25) is 5.91 Å². The third kappa shape index (κ3) is 3.47. The van der Waals surface area contributed by atoms with Gasteiger partial charge in [-0.05, 0) is 17.7 Å². The van der Waals surface area contributed by atoms with Crippen LogP contribution in [0.1, 0.15) is 5.56 Å². The van der Waals surface area contributed by atoms with Crippen LogP contribution in [0.15, 0.2) is 18.2 Å². The Bertz CT molecular complexity index is 353. The Labute approximate surface area is 88.4 Å². The summed E-state index contributed by atoms with van der Waals surface area (Å²) in [4.78, 5) is 11.1. The number of rotatable bonds is 4. The van der Waals surface area contributed by atoms with E-state index in [0.717, 1.165) is 5.56 Å². The highest BCUT2D eigenvalue weighted by Crippen LogP contribution is 2.15. The first kappa shape index (κ1) is 11.3. The van der Waals surface area contributed by atoms with Crippen LogP contribution in [0.5, 0.6) is 0 Å². The predicted molar refractivity (Wildman–Crippen MR) is 59.0 cm³/mol. The molecule has 1 aromatic carbocycles. The van der Waals surface area contributed by atoms with Crippen LogP contribution >= 0.6 is 0 Å². The predicted octanol–water partition coefficient (Wildman–Crippen LogP) is 0.114. The van der Waals surface area contributed by atoms with Crippen LogP contribution in [0, 0.1) is 0 Å². The number of methoxy groups -OCH3 is 1. The van der Waals surface area contributed by atoms with Crippen molar-refractivity contribution in [2.24, 2.45) is 0 Å². The number of hydrogen-bond donors (Lipinski definition) is 3. The maximum atomic E-state index is 11.1. The van der Waals surface area contributed by atoms with Crippen molar-refractivity contribution in [2.45, 2.75) is 6.54 Å². The van der Waals surface area contributed by atoms with Crippen LogP contribution in [0.25, 0.3) is 0 Å². The van der Waals surface area contributed by atoms with Crippen LogP contribution in [-0.4, -0.2) is 19.6 Å². The fourth-order valence-electron chi connectivity index (χ4n) is 1.12. The number of nitrogens with two attached hydrogens (primary N) is 2. The lowest BCUT2D eigenvalue weighted by molar-refractivity contribution is -0.124. The van der Waals surface area contributed by atoms with E-state index in [9.17, 15) is 4.79 Å². The molecule has 0 radical (unpaired) electrons. The van der Waals surface area contributed by atoms with E-state index in [4.69, 9.17) is 11.5 Å². The van der Waals surface area contributed by atoms with Gasteiger partial charge in [-0.25, -0.2) is 0 Å². The topological polar surface area (TPSA) is 90.4 Å². The molecule has 0 aliphatic carbocycles. The molecule has 0 aliphatic rings. The van der Waals surface area contributed by atoms with Gasteiger partial charge in [0.1, 0.15) is 6.61 Å². The Morgan fingerprint density at radius 2 is 2.13 bits per heavy atom. The quantitative estimate of drug-likeness (QED) is 0.614. The molecule has 0 unspecified atom stereocenters. The van der Waals surface area contributed by atoms with Crippen LogP contribution in [0.2, 0.25) is 0 Å². The summed E-state index contributed by atoms with van der Waals surface area (Å²) in [7, 11) is 1.47. The summed E-state index contributed by atoms with van der Waals surface area (Å²) in [6.45, 7) is 0.483. The number of carbonyl (C=O) groups is 1. The van der Waals surface area contributed by atoms with Gasteiger partial charge in [0, 0.05) is 13.7 Å². The van der Waals surface area contributed by atoms with E-state index in [1.807, 2.05) is 6.07 Å². The van der Waals surface area contributed by atoms with Gasteiger partial charge in [0.05, 0.1) is 11.4 Å². The summed E-state index contributed by atoms with van der Waals surface area (Å²) in [5.74, 6) is -0.159. The van der Waals surface area contributed by atoms with Gasteiger partial charge >= 0.3 is 0 Å². The Hall–Kier alpha value is -1.75. The molecule has 5 heteroatoms. The van der Waals surface area contributed by atoms with Crippen molar-refractivity contribution in [3.8, 4) is 0 Å². The van der Waals surface area contributed by atoms with Gasteiger partial charge in [0.25, 0.3) is 0 Å². The summed E-state index contributed by atoms with van der Waals surface area (Å²) in [5, 5.41) is 2.69. The van der Waals surface area contributed by atoms with Crippen molar-refractivity contribution in [3.05, 3.63) is 23.8 Å². The van der Waals surface area contributed by atoms with Gasteiger partial charge in [-0.2, -0.15) is 0 Å². The molecule has 1 rings (SSSR count). The number of anilines is 2. The standard InChI is InChI=1S/C10H15N3O2/c1-15-6-10(14)13-5-7-2-3-8(11)9(12)4-7/h2-4H,5-6,11-12H2,1H3,(H,13,14). The zero-order valence-electron chi connectivity index (χ0n) is 8.62. The first-order valence-corrected chi connectivity index (χ1v) is 4.53. The molecule has 0 atom stereocenters. The second-order valence-corrected chi connectivity index (χ2v) is 3.17. The van der Waals surface area contributed by atoms with Crippen molar-refractivity contribution < 1.29 is 9.53 Å². The van der Waals surface area contributed by atoms with Gasteiger partial charge < -0.3 is 21.5 Å². The van der Waals surface area contributed by atoms with Crippen molar-refractivity contribution in [1.29, 1.82) is 0 Å². The molecule has 5 N–H and O–H groups in total. The maximum Gasteiger partial charge on any atom is 0.246 e. The number of carbonyl (C=O) groups excluding carboxylic acids is 1. The van der Waals surface area contributed by atoms with E-state index in [2.05, 4.69) is 10.1 Å². The van der Waals surface area contributed by atoms with Gasteiger partial charge in [-0.15, -0.1) is 0 Å². The Balaban J connectivity index is 2.51. The number of hydrogen-bond acceptors (Lipinski definition) is 4. The molecule has 0 saturated carbocycles. The number of nitrogens with one attached hydrogen (secondary N) is 1. The van der Waals surface area contributed by atoms with Crippen molar-refractivity contribution in [2.75, 3.05) is 25.2 Å². The average Bonchev–Trinajstić information content (AvgIpc) is 2.20. The average molecular weight is 209 g/mol. The molecule has 5 nitrogen and oxygen atoms in total. The van der Waals surface area contributed by atoms with E-state index in [1.165, 1.54) is 7.11 Å². The van der Waals surface area contributed by atoms with Crippen molar-refractivity contribution in [3.63, 3.8) is 0 Å². The lowest BCUT2D eigenvalue weighted by Gasteiger charge is -2.06. The van der Waals surface area contributed by atoms with Crippen LogP contribution < -0.4 is 16.8 Å². The molecule has 0 fully saturated rings. The Morgan fingerprint density at radius 3 is 2.73 bits per heavy atom. The molecular weight excluding hydrogens is 194 g/mol. The highest BCUT2D eigenvalue weighted by molar-refractivity contribution is 5.77. The molecule has 15 heavy (non-hydrogen) atoms. The second-order valence-electron chi connectivity index (χ2n) is 3.17. The third-order valence-corrected chi connectivity index (χ3v) is 1.92. The number of ether oxygens (including phenoxy) is 1. The van der Waals surface area contributed by atoms with E-state index >= 15 is 0 Å². The van der Waals surface area contributed by atoms with E-state index in [1.54, 1.807) is 12.1 Å². The van der Waals surface area contributed by atoms with E-state index in [-0.39, 0.29) is 12.5 Å². The van der Waals surface area contributed by atoms with Crippen molar-refractivity contribution in [1.82, 2.24) is 5.32 Å². The molecular formula is C10H15N3O2. The number of amides is 1. The minimum Gasteiger partial charge on any atom is -0.397 e. The molecule has 0 saturated heterocycles. The van der Waals surface area contributed by atoms with Crippen molar-refractivity contribution >= 4 is 17.3 Å². The smallest absolute Gasteiger partial charge is 0.246 e. The monoisotopic (exact) mass is 209 g/mol. The SMILES string of the molecule is COCC(=O)NCc1ccc(N)c(N)c1. The first-order valence-electron chi connectivity index (χ1n) is 4.53. The lowest BCUT2D eigenvalue weighted by Crippen LogP contribution is -2.26. The normalized spacial score (nSPS) is 9.93. The van der Waals surface area contributed by atoms with E-state index < -0.39 is 0 Å². The molecule has 0 bridgehead atoms. The summed E-state index contributed by atoms with van der Waals surface area (Å²) < 4.78 is 4.68. The molecule has 1 aromatic rings. The molecule has 82 valence electrons. The van der Waals surface area contributed by atoms with Gasteiger partial charge in [-0.1, -0.05) is 6.07 Å². The number of benzene rings is 1. The maximum absolute atomic E-state index is 11.1. The summed E-state index contributed by atoms with van der Waals surface area (Å²) in [5.41, 5.74) is 13.2.